The smallest absolute Gasteiger partial charge is 0.258 e. The molecular weight excluding hydrogens is 379 g/mol. The Kier molecular flexibility index (Phi) is 6.42. The van der Waals surface area contributed by atoms with Crippen LogP contribution in [0.25, 0.3) is 0 Å². The highest BCUT2D eigenvalue weighted by molar-refractivity contribution is 7.89. The minimum absolute atomic E-state index is 0.174. The van der Waals surface area contributed by atoms with Gasteiger partial charge in [0.15, 0.2) is 0 Å². The average Bonchev–Trinajstić information content (AvgIpc) is 2.62. The first-order valence-electron chi connectivity index (χ1n) is 7.65. The number of halogens is 1. The Hall–Kier alpha value is -3.05. The molecule has 1 aromatic heterocycles. The van der Waals surface area contributed by atoms with Gasteiger partial charge in [0, 0.05) is 19.3 Å². The number of benzene rings is 1. The van der Waals surface area contributed by atoms with E-state index in [-0.39, 0.29) is 17.0 Å². The first kappa shape index (κ1) is 20.3. The number of aromatic nitrogens is 1. The zero-order valence-electron chi connectivity index (χ0n) is 14.3. The summed E-state index contributed by atoms with van der Waals surface area (Å²) >= 11 is 0. The topological polar surface area (TPSA) is 118 Å². The lowest BCUT2D eigenvalue weighted by atomic mass is 10.4. The Bertz CT molecular complexity index is 988. The van der Waals surface area contributed by atoms with Crippen molar-refractivity contribution in [3.05, 3.63) is 64.8 Å². The van der Waals surface area contributed by atoms with Crippen LogP contribution in [0.1, 0.15) is 0 Å². The van der Waals surface area contributed by atoms with Crippen molar-refractivity contribution in [2.24, 2.45) is 0 Å². The fourth-order valence-corrected chi connectivity index (χ4v) is 3.17. The molecule has 0 saturated carbocycles. The van der Waals surface area contributed by atoms with Crippen LogP contribution in [0.3, 0.4) is 0 Å². The van der Waals surface area contributed by atoms with Gasteiger partial charge in [0.05, 0.1) is 11.4 Å². The molecule has 0 radical (unpaired) electrons. The van der Waals surface area contributed by atoms with Gasteiger partial charge in [0.25, 0.3) is 17.4 Å². The largest absolute Gasteiger partial charge is 0.306 e. The number of nitrogens with one attached hydrogen (secondary N) is 2. The first-order valence-corrected chi connectivity index (χ1v) is 9.09. The summed E-state index contributed by atoms with van der Waals surface area (Å²) in [5.74, 6) is -2.05. The molecule has 1 aromatic carbocycles. The van der Waals surface area contributed by atoms with Gasteiger partial charge in [-0.15, -0.1) is 0 Å². The molecule has 0 saturated heterocycles. The predicted molar refractivity (Wildman–Crippen MR) is 93.2 cm³/mol. The number of nitrogens with zero attached hydrogens (tertiary/aromatic N) is 2. The minimum atomic E-state index is -4.00. The Balaban J connectivity index is 1.89. The van der Waals surface area contributed by atoms with E-state index in [1.54, 1.807) is 6.07 Å². The van der Waals surface area contributed by atoms with Crippen LogP contribution in [0.5, 0.6) is 0 Å². The Morgan fingerprint density at radius 3 is 2.33 bits per heavy atom. The summed E-state index contributed by atoms with van der Waals surface area (Å²) in [7, 11) is -2.83. The van der Waals surface area contributed by atoms with Crippen LogP contribution in [0.15, 0.2) is 58.4 Å². The quantitative estimate of drug-likeness (QED) is 0.636. The lowest BCUT2D eigenvalue weighted by Gasteiger charge is -2.17. The Morgan fingerprint density at radius 1 is 1.07 bits per heavy atom. The molecule has 2 N–H and O–H groups in total. The predicted octanol–water partition coefficient (Wildman–Crippen LogP) is -0.544. The fraction of sp³-hybridized carbons (Fsp3) is 0.188. The molecule has 27 heavy (non-hydrogen) atoms. The number of pyridine rings is 1. The van der Waals surface area contributed by atoms with E-state index in [0.717, 1.165) is 33.1 Å². The normalized spacial score (nSPS) is 11.2. The van der Waals surface area contributed by atoms with Crippen molar-refractivity contribution < 1.29 is 22.4 Å². The van der Waals surface area contributed by atoms with Gasteiger partial charge in [-0.25, -0.2) is 12.8 Å². The number of hydrazine groups is 1. The first-order chi connectivity index (χ1) is 12.7. The molecule has 0 aliphatic heterocycles. The van der Waals surface area contributed by atoms with Gasteiger partial charge in [0.1, 0.15) is 12.4 Å². The van der Waals surface area contributed by atoms with Gasteiger partial charge in [-0.2, -0.15) is 4.31 Å². The second-order valence-corrected chi connectivity index (χ2v) is 7.52. The molecule has 2 amide bonds. The maximum atomic E-state index is 12.9. The van der Waals surface area contributed by atoms with E-state index in [4.69, 9.17) is 0 Å². The van der Waals surface area contributed by atoms with Crippen LogP contribution >= 0.6 is 0 Å². The fourth-order valence-electron chi connectivity index (χ4n) is 2.04. The number of likely N-dealkylation sites (N-methyl/N-ethyl adjacent to an activating group) is 1. The third kappa shape index (κ3) is 5.46. The van der Waals surface area contributed by atoms with Crippen molar-refractivity contribution in [2.45, 2.75) is 11.4 Å². The Morgan fingerprint density at radius 2 is 1.70 bits per heavy atom. The van der Waals surface area contributed by atoms with Crippen molar-refractivity contribution in [1.29, 1.82) is 0 Å². The van der Waals surface area contributed by atoms with E-state index < -0.39 is 34.2 Å². The average molecular weight is 396 g/mol. The SMILES string of the molecule is CN(CC(=O)NNC(=O)Cn1ccccc1=O)S(=O)(=O)c1ccc(F)cc1. The second kappa shape index (κ2) is 8.56. The summed E-state index contributed by atoms with van der Waals surface area (Å²) < 4.78 is 39.4. The standard InChI is InChI=1S/C16H17FN4O5S/c1-20(27(25,26)13-7-5-12(17)6-8-13)10-14(22)18-19-15(23)11-21-9-3-2-4-16(21)24/h2-9H,10-11H2,1H3,(H,18,22)(H,19,23). The maximum absolute atomic E-state index is 12.9. The Labute approximate surface area is 154 Å². The molecule has 2 aromatic rings. The highest BCUT2D eigenvalue weighted by Crippen LogP contribution is 2.14. The van der Waals surface area contributed by atoms with Crippen molar-refractivity contribution in [1.82, 2.24) is 19.7 Å². The van der Waals surface area contributed by atoms with E-state index in [2.05, 4.69) is 10.9 Å². The highest BCUT2D eigenvalue weighted by atomic mass is 32.2. The van der Waals surface area contributed by atoms with Gasteiger partial charge in [0.2, 0.25) is 10.0 Å². The molecule has 0 aliphatic carbocycles. The number of rotatable bonds is 6. The van der Waals surface area contributed by atoms with Gasteiger partial charge in [-0.1, -0.05) is 6.07 Å². The third-order valence-corrected chi connectivity index (χ3v) is 5.26. The molecule has 0 spiro atoms. The molecule has 144 valence electrons. The van der Waals surface area contributed by atoms with Crippen LogP contribution in [0, 0.1) is 5.82 Å². The summed E-state index contributed by atoms with van der Waals surface area (Å²) in [6.07, 6.45) is 1.41. The van der Waals surface area contributed by atoms with Gasteiger partial charge in [-0.05, 0) is 30.3 Å². The van der Waals surface area contributed by atoms with E-state index in [0.29, 0.717) is 0 Å². The number of hydrogen-bond acceptors (Lipinski definition) is 5. The molecule has 0 atom stereocenters. The molecule has 0 unspecified atom stereocenters. The van der Waals surface area contributed by atoms with E-state index >= 15 is 0 Å². The molecule has 9 nitrogen and oxygen atoms in total. The van der Waals surface area contributed by atoms with Gasteiger partial charge >= 0.3 is 0 Å². The number of carbonyl (C=O) groups is 2. The van der Waals surface area contributed by atoms with Gasteiger partial charge in [-0.3, -0.25) is 25.2 Å². The van der Waals surface area contributed by atoms with Crippen molar-refractivity contribution >= 4 is 21.8 Å². The summed E-state index contributed by atoms with van der Waals surface area (Å²) in [6.45, 7) is -0.894. The lowest BCUT2D eigenvalue weighted by Crippen LogP contribution is -2.48. The highest BCUT2D eigenvalue weighted by Gasteiger charge is 2.23. The van der Waals surface area contributed by atoms with Crippen molar-refractivity contribution in [2.75, 3.05) is 13.6 Å². The second-order valence-electron chi connectivity index (χ2n) is 5.48. The molecule has 11 heteroatoms. The molecule has 2 rings (SSSR count). The number of amides is 2. The minimum Gasteiger partial charge on any atom is -0.306 e. The van der Waals surface area contributed by atoms with E-state index in [9.17, 15) is 27.2 Å². The molecule has 0 bridgehead atoms. The summed E-state index contributed by atoms with van der Waals surface area (Å²) in [5, 5.41) is 0. The number of hydrogen-bond donors (Lipinski definition) is 2. The van der Waals surface area contributed by atoms with Crippen molar-refractivity contribution in [3.63, 3.8) is 0 Å². The van der Waals surface area contributed by atoms with Crippen molar-refractivity contribution in [3.8, 4) is 0 Å². The van der Waals surface area contributed by atoms with Gasteiger partial charge < -0.3 is 4.57 Å². The summed E-state index contributed by atoms with van der Waals surface area (Å²) in [5.41, 5.74) is 3.77. The number of carbonyl (C=O) groups excluding carboxylic acids is 2. The molecule has 0 fully saturated rings. The number of sulfonamides is 1. The van der Waals surface area contributed by atoms with Crippen LogP contribution in [-0.4, -0.2) is 42.7 Å². The van der Waals surface area contributed by atoms with Crippen LogP contribution in [-0.2, 0) is 26.2 Å². The summed E-state index contributed by atoms with van der Waals surface area (Å²) in [4.78, 5) is 34.9. The lowest BCUT2D eigenvalue weighted by molar-refractivity contribution is -0.129. The summed E-state index contributed by atoms with van der Waals surface area (Å²) in [6, 6.07) is 8.52. The van der Waals surface area contributed by atoms with Crippen LogP contribution < -0.4 is 16.4 Å². The molecular formula is C16H17FN4O5S. The van der Waals surface area contributed by atoms with Crippen LogP contribution in [0.2, 0.25) is 0 Å². The monoisotopic (exact) mass is 396 g/mol. The molecule has 1 heterocycles. The zero-order chi connectivity index (χ0) is 20.0. The maximum Gasteiger partial charge on any atom is 0.258 e. The van der Waals surface area contributed by atoms with E-state index in [1.807, 2.05) is 0 Å². The zero-order valence-corrected chi connectivity index (χ0v) is 15.1. The van der Waals surface area contributed by atoms with E-state index in [1.165, 1.54) is 25.4 Å². The third-order valence-electron chi connectivity index (χ3n) is 3.44. The van der Waals surface area contributed by atoms with Crippen LogP contribution in [0.4, 0.5) is 4.39 Å². The molecule has 0 aliphatic rings.